The van der Waals surface area contributed by atoms with Crippen molar-refractivity contribution in [1.82, 2.24) is 0 Å². The quantitative estimate of drug-likeness (QED) is 0.0885. The number of unbranched alkanes of at least 4 members (excludes halogenated alkanes) is 3. The Morgan fingerprint density at radius 3 is 1.58 bits per heavy atom. The zero-order valence-electron chi connectivity index (χ0n) is 34.0. The highest BCUT2D eigenvalue weighted by Gasteiger charge is 2.38. The molecule has 7 aliphatic heterocycles. The minimum atomic E-state index is -0.282. The van der Waals surface area contributed by atoms with Crippen LogP contribution in [-0.4, -0.2) is 156 Å². The lowest BCUT2D eigenvalue weighted by atomic mass is 10.1. The number of hydrogen-bond acceptors (Lipinski definition) is 14. The third-order valence-electron chi connectivity index (χ3n) is 9.28. The van der Waals surface area contributed by atoms with Gasteiger partial charge in [0.25, 0.3) is 0 Å². The summed E-state index contributed by atoms with van der Waals surface area (Å²) in [6, 6.07) is 7.27. The van der Waals surface area contributed by atoms with Crippen molar-refractivity contribution in [3.8, 4) is 5.75 Å². The van der Waals surface area contributed by atoms with E-state index in [4.69, 9.17) is 48.8 Å². The lowest BCUT2D eigenvalue weighted by Crippen LogP contribution is -2.13. The van der Waals surface area contributed by atoms with Gasteiger partial charge in [-0.3, -0.25) is 0 Å². The van der Waals surface area contributed by atoms with Crippen LogP contribution in [0.3, 0.4) is 0 Å². The molecule has 0 radical (unpaired) electrons. The molecule has 1 aromatic rings. The Morgan fingerprint density at radius 2 is 1.25 bits per heavy atom. The number of aliphatic hydroxyl groups is 6. The molecule has 14 nitrogen and oxygen atoms in total. The Labute approximate surface area is 329 Å². The van der Waals surface area contributed by atoms with Crippen LogP contribution in [0.1, 0.15) is 110 Å². The van der Waals surface area contributed by atoms with Crippen LogP contribution in [0.2, 0.25) is 0 Å². The molecule has 1 aromatic carbocycles. The molecule has 7 fully saturated rings. The van der Waals surface area contributed by atoms with Crippen LogP contribution in [0.25, 0.3) is 0 Å². The van der Waals surface area contributed by atoms with Gasteiger partial charge in [0.2, 0.25) is 0 Å². The molecule has 14 heteroatoms. The van der Waals surface area contributed by atoms with Gasteiger partial charge >= 0.3 is 0 Å². The van der Waals surface area contributed by atoms with Gasteiger partial charge in [0.1, 0.15) is 30.2 Å². The van der Waals surface area contributed by atoms with Gasteiger partial charge in [-0.25, -0.2) is 0 Å². The fourth-order valence-electron chi connectivity index (χ4n) is 5.04. The monoisotopic (exact) mass is 791 g/mol. The Morgan fingerprint density at radius 1 is 0.691 bits per heavy atom. The highest BCUT2D eigenvalue weighted by molar-refractivity contribution is 5.35. The molecule has 0 bridgehead atoms. The first-order chi connectivity index (χ1) is 26.5. The summed E-state index contributed by atoms with van der Waals surface area (Å²) in [6.07, 6.45) is 12.1. The van der Waals surface area contributed by atoms with Crippen LogP contribution >= 0.6 is 0 Å². The van der Waals surface area contributed by atoms with Crippen molar-refractivity contribution in [2.24, 2.45) is 0 Å². The van der Waals surface area contributed by atoms with Crippen molar-refractivity contribution in [1.29, 1.82) is 0 Å². The van der Waals surface area contributed by atoms with E-state index >= 15 is 0 Å². The predicted molar refractivity (Wildman–Crippen MR) is 207 cm³/mol. The maximum absolute atomic E-state index is 9.31. The van der Waals surface area contributed by atoms with Crippen LogP contribution in [-0.2, 0) is 33.2 Å². The van der Waals surface area contributed by atoms with E-state index in [1.807, 2.05) is 26.0 Å². The second kappa shape index (κ2) is 28.8. The van der Waals surface area contributed by atoms with Crippen molar-refractivity contribution < 1.29 is 68.9 Å². The number of phenolic OH excluding ortho intramolecular Hbond substituents is 1. The van der Waals surface area contributed by atoms with Crippen LogP contribution in [0, 0.1) is 0 Å². The summed E-state index contributed by atoms with van der Waals surface area (Å²) in [5, 5.41) is 61.2. The van der Waals surface area contributed by atoms with Crippen molar-refractivity contribution in [2.45, 2.75) is 172 Å². The third kappa shape index (κ3) is 27.7. The molecule has 0 saturated carbocycles. The molecular weight excluding hydrogens is 716 g/mol. The van der Waals surface area contributed by atoms with Gasteiger partial charge in [0.15, 0.2) is 0 Å². The number of aliphatic hydroxyl groups excluding tert-OH is 6. The minimum absolute atomic E-state index is 0.118. The maximum atomic E-state index is 9.31. The zero-order chi connectivity index (χ0) is 40.6. The van der Waals surface area contributed by atoms with E-state index in [9.17, 15) is 15.3 Å². The smallest absolute Gasteiger partial charge is 0.121 e. The van der Waals surface area contributed by atoms with Gasteiger partial charge in [0.05, 0.1) is 88.5 Å². The number of phenols is 1. The SMILES string of the molecule is CC(O)C1OC1C.CC1OC1CCO.CCCCC(O)CC1CO1.CCCCCC(O)C1CO1.OCC1CO1.OCCC1CO1.Oc1ccccc1C1CO1. The normalized spacial score (nSPS) is 30.6. The summed E-state index contributed by atoms with van der Waals surface area (Å²) in [5.41, 5.74) is 0.905. The van der Waals surface area contributed by atoms with Gasteiger partial charge in [-0.1, -0.05) is 64.2 Å². The molecule has 12 unspecified atom stereocenters. The van der Waals surface area contributed by atoms with E-state index in [1.165, 1.54) is 19.3 Å². The Kier molecular flexibility index (Phi) is 26.0. The summed E-state index contributed by atoms with van der Waals surface area (Å²) in [7, 11) is 0. The van der Waals surface area contributed by atoms with Crippen molar-refractivity contribution in [3.05, 3.63) is 29.8 Å². The van der Waals surface area contributed by atoms with E-state index in [2.05, 4.69) is 18.6 Å². The standard InChI is InChI=1S/C8H8O2.2C8H16O2.2C5H10O2.C4H8O2.C3H6O2/c9-7-4-2-1-3-6(7)8-5-10-8;1-2-3-4-7(9)5-8-6-10-8;1-2-3-4-5-7(9)8-6-10-8;1-4-5(7-4)2-3-6;1-3(6)5-4(2)7-5;5-2-1-4-3-6-4;4-1-3-2-5-3/h1-4,8-9H,5H2;2*7-9H,2-6H2,1H3;4-6H,2-3H2,1H3;3-6H,1-2H3;4-5H,1-3H2;3-4H,1-2H2. The molecule has 7 N–H and O–H groups in total. The molecular formula is C41H74O14. The van der Waals surface area contributed by atoms with E-state index < -0.39 is 0 Å². The molecule has 7 heterocycles. The summed E-state index contributed by atoms with van der Waals surface area (Å²) >= 11 is 0. The average Bonchev–Trinajstić information content (AvgIpc) is 3.94. The van der Waals surface area contributed by atoms with Crippen LogP contribution < -0.4 is 0 Å². The molecule has 55 heavy (non-hydrogen) atoms. The summed E-state index contributed by atoms with van der Waals surface area (Å²) in [6.45, 7) is 14.7. The van der Waals surface area contributed by atoms with E-state index in [0.29, 0.717) is 36.3 Å². The number of hydrogen-bond donors (Lipinski definition) is 7. The average molecular weight is 791 g/mol. The van der Waals surface area contributed by atoms with Gasteiger partial charge in [0, 0.05) is 25.2 Å². The van der Waals surface area contributed by atoms with Crippen molar-refractivity contribution in [3.63, 3.8) is 0 Å². The van der Waals surface area contributed by atoms with Crippen LogP contribution in [0.15, 0.2) is 24.3 Å². The molecule has 8 rings (SSSR count). The lowest BCUT2D eigenvalue weighted by molar-refractivity contribution is 0.123. The Bertz CT molecular complexity index is 1060. The number of epoxide rings is 7. The third-order valence-corrected chi connectivity index (χ3v) is 9.28. The van der Waals surface area contributed by atoms with Crippen molar-refractivity contribution >= 4 is 0 Å². The Balaban J connectivity index is 0.000000225. The summed E-state index contributed by atoms with van der Waals surface area (Å²) in [4.78, 5) is 0. The topological polar surface area (TPSA) is 229 Å². The second-order valence-electron chi connectivity index (χ2n) is 14.8. The lowest BCUT2D eigenvalue weighted by Gasteiger charge is -2.06. The molecule has 0 spiro atoms. The fourth-order valence-corrected chi connectivity index (χ4v) is 5.04. The van der Waals surface area contributed by atoms with E-state index in [-0.39, 0.29) is 62.5 Å². The maximum Gasteiger partial charge on any atom is 0.121 e. The Hall–Kier alpha value is -1.50. The van der Waals surface area contributed by atoms with E-state index in [0.717, 1.165) is 83.5 Å². The van der Waals surface area contributed by atoms with Crippen molar-refractivity contribution in [2.75, 3.05) is 52.9 Å². The molecule has 0 amide bonds. The summed E-state index contributed by atoms with van der Waals surface area (Å²) in [5.74, 6) is 0.338. The first kappa shape index (κ1) is 49.6. The molecule has 12 atom stereocenters. The second-order valence-corrected chi connectivity index (χ2v) is 14.8. The molecule has 7 aliphatic rings. The van der Waals surface area contributed by atoms with Crippen LogP contribution in [0.5, 0.6) is 5.75 Å². The molecule has 7 saturated heterocycles. The largest absolute Gasteiger partial charge is 0.508 e. The van der Waals surface area contributed by atoms with Gasteiger partial charge in [-0.15, -0.1) is 0 Å². The van der Waals surface area contributed by atoms with E-state index in [1.54, 1.807) is 19.1 Å². The van der Waals surface area contributed by atoms with Gasteiger partial charge in [-0.2, -0.15) is 0 Å². The zero-order valence-corrected chi connectivity index (χ0v) is 34.0. The van der Waals surface area contributed by atoms with Gasteiger partial charge in [-0.05, 0) is 52.5 Å². The molecule has 0 aromatic heterocycles. The fraction of sp³-hybridized carbons (Fsp3) is 0.854. The number of rotatable bonds is 17. The van der Waals surface area contributed by atoms with Gasteiger partial charge < -0.3 is 68.9 Å². The minimum Gasteiger partial charge on any atom is -0.508 e. The highest BCUT2D eigenvalue weighted by atomic mass is 16.6. The number of para-hydroxylation sites is 1. The van der Waals surface area contributed by atoms with Crippen LogP contribution in [0.4, 0.5) is 0 Å². The number of benzene rings is 1. The summed E-state index contributed by atoms with van der Waals surface area (Å²) < 4.78 is 34.3. The number of aromatic hydroxyl groups is 1. The first-order valence-electron chi connectivity index (χ1n) is 20.5. The first-order valence-corrected chi connectivity index (χ1v) is 20.5. The molecule has 322 valence electrons. The number of ether oxygens (including phenoxy) is 7. The predicted octanol–water partition coefficient (Wildman–Crippen LogP) is 3.57. The highest BCUT2D eigenvalue weighted by Crippen LogP contribution is 2.35. The molecule has 0 aliphatic carbocycles.